The van der Waals surface area contributed by atoms with Gasteiger partial charge in [0.2, 0.25) is 11.7 Å². The average Bonchev–Trinajstić information content (AvgIpc) is 2.79. The Morgan fingerprint density at radius 2 is 2.11 bits per heavy atom. The maximum atomic E-state index is 10.6. The molecule has 0 unspecified atom stereocenters. The van der Waals surface area contributed by atoms with Gasteiger partial charge in [0.25, 0.3) is 0 Å². The van der Waals surface area contributed by atoms with Crippen molar-refractivity contribution in [3.63, 3.8) is 0 Å². The summed E-state index contributed by atoms with van der Waals surface area (Å²) in [5.74, 6) is -0.308. The molecule has 0 spiro atoms. The first-order chi connectivity index (χ1) is 8.56. The fourth-order valence-corrected chi connectivity index (χ4v) is 1.29. The molecule has 2 aromatic heterocycles. The van der Waals surface area contributed by atoms with Gasteiger partial charge in [-0.15, -0.1) is 5.10 Å². The van der Waals surface area contributed by atoms with Crippen LogP contribution in [0.4, 0.5) is 5.95 Å². The van der Waals surface area contributed by atoms with Gasteiger partial charge >= 0.3 is 5.97 Å². The second kappa shape index (κ2) is 4.82. The Hall–Kier alpha value is -2.44. The van der Waals surface area contributed by atoms with Gasteiger partial charge in [-0.25, -0.2) is 9.78 Å². The van der Waals surface area contributed by atoms with E-state index in [0.29, 0.717) is 18.3 Å². The topological polar surface area (TPSA) is 101 Å². The molecule has 18 heavy (non-hydrogen) atoms. The van der Waals surface area contributed by atoms with E-state index in [-0.39, 0.29) is 5.76 Å². The first-order valence-electron chi connectivity index (χ1n) is 5.30. The van der Waals surface area contributed by atoms with Crippen LogP contribution in [0.5, 0.6) is 0 Å². The van der Waals surface area contributed by atoms with Crippen LogP contribution in [0.25, 0.3) is 0 Å². The Morgan fingerprint density at radius 1 is 1.33 bits per heavy atom. The third kappa shape index (κ3) is 2.62. The summed E-state index contributed by atoms with van der Waals surface area (Å²) in [5.41, 5.74) is 1.56. The number of carbonyl (C=O) groups is 1. The number of nitrogens with zero attached hydrogens (tertiary/aromatic N) is 3. The molecule has 0 aromatic carbocycles. The fraction of sp³-hybridized carbons (Fsp3) is 0.273. The molecule has 7 heteroatoms. The summed E-state index contributed by atoms with van der Waals surface area (Å²) in [6, 6.07) is 2.99. The number of nitrogens with one attached hydrogen (secondary N) is 1. The van der Waals surface area contributed by atoms with Crippen molar-refractivity contribution in [2.45, 2.75) is 20.4 Å². The first kappa shape index (κ1) is 12.0. The Morgan fingerprint density at radius 3 is 2.72 bits per heavy atom. The van der Waals surface area contributed by atoms with Gasteiger partial charge in [0, 0.05) is 0 Å². The minimum absolute atomic E-state index is 0.0917. The van der Waals surface area contributed by atoms with E-state index in [1.54, 1.807) is 6.07 Å². The normalized spacial score (nSPS) is 10.3. The van der Waals surface area contributed by atoms with E-state index in [4.69, 9.17) is 9.52 Å². The molecule has 0 amide bonds. The molecule has 0 radical (unpaired) electrons. The second-order valence-electron chi connectivity index (χ2n) is 3.73. The highest BCUT2D eigenvalue weighted by Crippen LogP contribution is 2.10. The van der Waals surface area contributed by atoms with E-state index in [1.165, 1.54) is 6.07 Å². The number of aromatic carboxylic acids is 1. The molecule has 0 atom stereocenters. The molecule has 2 heterocycles. The number of aromatic nitrogens is 3. The summed E-state index contributed by atoms with van der Waals surface area (Å²) >= 11 is 0. The van der Waals surface area contributed by atoms with Crippen LogP contribution >= 0.6 is 0 Å². The van der Waals surface area contributed by atoms with Crippen LogP contribution in [0.15, 0.2) is 16.5 Å². The van der Waals surface area contributed by atoms with Crippen LogP contribution in [0, 0.1) is 13.8 Å². The minimum atomic E-state index is -1.09. The zero-order chi connectivity index (χ0) is 13.1. The highest BCUT2D eigenvalue weighted by Gasteiger charge is 2.09. The molecule has 0 aliphatic carbocycles. The van der Waals surface area contributed by atoms with E-state index in [9.17, 15) is 4.79 Å². The largest absolute Gasteiger partial charge is 0.475 e. The lowest BCUT2D eigenvalue weighted by Gasteiger charge is -2.03. The van der Waals surface area contributed by atoms with Gasteiger partial charge in [0.05, 0.1) is 17.9 Å². The smallest absolute Gasteiger partial charge is 0.371 e. The van der Waals surface area contributed by atoms with E-state index in [0.717, 1.165) is 11.4 Å². The molecule has 2 N–H and O–H groups in total. The number of hydrogen-bond acceptors (Lipinski definition) is 6. The molecule has 0 aliphatic rings. The number of furan rings is 1. The molecule has 0 aliphatic heterocycles. The number of anilines is 1. The summed E-state index contributed by atoms with van der Waals surface area (Å²) in [6.07, 6.45) is 0. The lowest BCUT2D eigenvalue weighted by molar-refractivity contribution is 0.0660. The summed E-state index contributed by atoms with van der Waals surface area (Å²) in [7, 11) is 0. The maximum Gasteiger partial charge on any atom is 0.371 e. The fourth-order valence-electron chi connectivity index (χ4n) is 1.29. The predicted molar refractivity (Wildman–Crippen MR) is 62.3 cm³/mol. The van der Waals surface area contributed by atoms with Gasteiger partial charge in [0.1, 0.15) is 5.76 Å². The Kier molecular flexibility index (Phi) is 3.22. The van der Waals surface area contributed by atoms with Crippen LogP contribution < -0.4 is 5.32 Å². The molecular formula is C11H12N4O3. The molecule has 2 aromatic rings. The lowest BCUT2D eigenvalue weighted by Crippen LogP contribution is -2.06. The van der Waals surface area contributed by atoms with Crippen LogP contribution in [-0.2, 0) is 6.54 Å². The molecule has 0 fully saturated rings. The zero-order valence-electron chi connectivity index (χ0n) is 9.97. The van der Waals surface area contributed by atoms with E-state index in [1.807, 2.05) is 13.8 Å². The maximum absolute atomic E-state index is 10.6. The lowest BCUT2D eigenvalue weighted by atomic mass is 10.4. The van der Waals surface area contributed by atoms with Crippen molar-refractivity contribution < 1.29 is 14.3 Å². The van der Waals surface area contributed by atoms with Crippen molar-refractivity contribution in [3.05, 3.63) is 35.0 Å². The van der Waals surface area contributed by atoms with Gasteiger partial charge in [0.15, 0.2) is 0 Å². The molecule has 94 valence electrons. The second-order valence-corrected chi connectivity index (χ2v) is 3.73. The van der Waals surface area contributed by atoms with Gasteiger partial charge in [-0.1, -0.05) is 0 Å². The third-order valence-electron chi connectivity index (χ3n) is 2.39. The summed E-state index contributed by atoms with van der Waals surface area (Å²) in [4.78, 5) is 14.8. The van der Waals surface area contributed by atoms with Gasteiger partial charge in [-0.3, -0.25) is 0 Å². The number of aryl methyl sites for hydroxylation is 2. The summed E-state index contributed by atoms with van der Waals surface area (Å²) < 4.78 is 5.08. The highest BCUT2D eigenvalue weighted by atomic mass is 16.4. The zero-order valence-corrected chi connectivity index (χ0v) is 9.97. The molecule has 0 saturated carbocycles. The Bertz CT molecular complexity index is 579. The Balaban J connectivity index is 2.02. The van der Waals surface area contributed by atoms with Crippen molar-refractivity contribution in [1.82, 2.24) is 15.2 Å². The molecular weight excluding hydrogens is 236 g/mol. The quantitative estimate of drug-likeness (QED) is 0.842. The van der Waals surface area contributed by atoms with Crippen LogP contribution in [0.3, 0.4) is 0 Å². The monoisotopic (exact) mass is 248 g/mol. The van der Waals surface area contributed by atoms with Gasteiger partial charge < -0.3 is 14.8 Å². The van der Waals surface area contributed by atoms with E-state index >= 15 is 0 Å². The van der Waals surface area contributed by atoms with Crippen LogP contribution in [0.1, 0.15) is 27.7 Å². The van der Waals surface area contributed by atoms with Gasteiger partial charge in [-0.05, 0) is 26.0 Å². The number of carboxylic acids is 1. The van der Waals surface area contributed by atoms with Crippen molar-refractivity contribution in [3.8, 4) is 0 Å². The first-order valence-corrected chi connectivity index (χ1v) is 5.30. The Labute approximate surface area is 103 Å². The van der Waals surface area contributed by atoms with Crippen molar-refractivity contribution in [2.24, 2.45) is 0 Å². The van der Waals surface area contributed by atoms with E-state index in [2.05, 4.69) is 20.5 Å². The van der Waals surface area contributed by atoms with Gasteiger partial charge in [-0.2, -0.15) is 5.10 Å². The highest BCUT2D eigenvalue weighted by molar-refractivity contribution is 5.84. The van der Waals surface area contributed by atoms with Crippen LogP contribution in [0.2, 0.25) is 0 Å². The van der Waals surface area contributed by atoms with Crippen molar-refractivity contribution >= 4 is 11.9 Å². The van der Waals surface area contributed by atoms with Crippen molar-refractivity contribution in [2.75, 3.05) is 5.32 Å². The summed E-state index contributed by atoms with van der Waals surface area (Å²) in [6.45, 7) is 3.97. The average molecular weight is 248 g/mol. The minimum Gasteiger partial charge on any atom is -0.475 e. The number of hydrogen-bond donors (Lipinski definition) is 2. The molecule has 2 rings (SSSR count). The SMILES string of the molecule is Cc1nnc(NCc2ccc(C(=O)O)o2)nc1C. The third-order valence-corrected chi connectivity index (χ3v) is 2.39. The predicted octanol–water partition coefficient (Wildman–Crippen LogP) is 1.39. The van der Waals surface area contributed by atoms with E-state index < -0.39 is 5.97 Å². The number of rotatable bonds is 4. The van der Waals surface area contributed by atoms with Crippen LogP contribution in [-0.4, -0.2) is 26.3 Å². The standard InChI is InChI=1S/C11H12N4O3/c1-6-7(2)14-15-11(13-6)12-5-8-3-4-9(18-8)10(16)17/h3-4H,5H2,1-2H3,(H,16,17)(H,12,13,15). The summed E-state index contributed by atoms with van der Waals surface area (Å²) in [5, 5.41) is 19.4. The number of carboxylic acid groups (broad SMARTS) is 1. The molecule has 0 saturated heterocycles. The van der Waals surface area contributed by atoms with Crippen molar-refractivity contribution in [1.29, 1.82) is 0 Å². The molecule has 0 bridgehead atoms. The molecule has 7 nitrogen and oxygen atoms in total.